The van der Waals surface area contributed by atoms with Crippen molar-refractivity contribution in [2.75, 3.05) is 12.8 Å². The second-order valence-corrected chi connectivity index (χ2v) is 4.93. The van der Waals surface area contributed by atoms with E-state index in [1.807, 2.05) is 13.0 Å². The molecule has 0 spiro atoms. The van der Waals surface area contributed by atoms with Gasteiger partial charge in [0.05, 0.1) is 17.7 Å². The topological polar surface area (TPSA) is 65.2 Å². The van der Waals surface area contributed by atoms with Crippen LogP contribution in [-0.2, 0) is 6.42 Å². The van der Waals surface area contributed by atoms with Crippen molar-refractivity contribution in [3.63, 3.8) is 0 Å². The Balaban J connectivity index is 2.31. The summed E-state index contributed by atoms with van der Waals surface area (Å²) in [5.41, 5.74) is 6.94. The van der Waals surface area contributed by atoms with Gasteiger partial charge in [0, 0.05) is 22.7 Å². The summed E-state index contributed by atoms with van der Waals surface area (Å²) in [6, 6.07) is 5.21. The van der Waals surface area contributed by atoms with E-state index in [2.05, 4.69) is 4.98 Å². The third kappa shape index (κ3) is 2.36. The number of pyridine rings is 1. The van der Waals surface area contributed by atoms with Crippen LogP contribution in [0, 0.1) is 0 Å². The lowest BCUT2D eigenvalue weighted by Gasteiger charge is -2.01. The zero-order chi connectivity index (χ0) is 13.1. The first-order chi connectivity index (χ1) is 8.65. The first kappa shape index (κ1) is 12.6. The summed E-state index contributed by atoms with van der Waals surface area (Å²) >= 11 is 1.46. The molecule has 18 heavy (non-hydrogen) atoms. The van der Waals surface area contributed by atoms with Crippen LogP contribution in [0.5, 0.6) is 5.88 Å². The zero-order valence-corrected chi connectivity index (χ0v) is 11.1. The van der Waals surface area contributed by atoms with E-state index in [0.29, 0.717) is 22.0 Å². The predicted octanol–water partition coefficient (Wildman–Crippen LogP) is 2.53. The van der Waals surface area contributed by atoms with Gasteiger partial charge in [-0.3, -0.25) is 4.79 Å². The van der Waals surface area contributed by atoms with Gasteiger partial charge in [0.2, 0.25) is 5.88 Å². The van der Waals surface area contributed by atoms with E-state index >= 15 is 0 Å². The van der Waals surface area contributed by atoms with E-state index in [0.717, 1.165) is 11.3 Å². The molecule has 0 aliphatic rings. The lowest BCUT2D eigenvalue weighted by molar-refractivity contribution is 0.103. The van der Waals surface area contributed by atoms with Crippen molar-refractivity contribution in [3.05, 3.63) is 40.4 Å². The Hall–Kier alpha value is -1.88. The van der Waals surface area contributed by atoms with Crippen LogP contribution in [0.2, 0.25) is 0 Å². The van der Waals surface area contributed by atoms with Gasteiger partial charge >= 0.3 is 0 Å². The molecule has 0 saturated heterocycles. The van der Waals surface area contributed by atoms with Crippen molar-refractivity contribution in [1.82, 2.24) is 4.98 Å². The van der Waals surface area contributed by atoms with E-state index in [9.17, 15) is 4.79 Å². The van der Waals surface area contributed by atoms with Crippen molar-refractivity contribution in [1.29, 1.82) is 0 Å². The minimum atomic E-state index is -0.0985. The molecule has 0 saturated carbocycles. The molecule has 2 N–H and O–H groups in total. The van der Waals surface area contributed by atoms with Crippen LogP contribution in [0.1, 0.15) is 27.7 Å². The number of nitrogen functional groups attached to an aromatic ring is 1. The summed E-state index contributed by atoms with van der Waals surface area (Å²) in [6.07, 6.45) is 2.38. The van der Waals surface area contributed by atoms with Crippen molar-refractivity contribution < 1.29 is 9.53 Å². The Kier molecular flexibility index (Phi) is 3.62. The van der Waals surface area contributed by atoms with Gasteiger partial charge in [-0.25, -0.2) is 4.98 Å². The summed E-state index contributed by atoms with van der Waals surface area (Å²) in [6.45, 7) is 2.04. The smallest absolute Gasteiger partial charge is 0.212 e. The Morgan fingerprint density at radius 1 is 1.50 bits per heavy atom. The highest BCUT2D eigenvalue weighted by molar-refractivity contribution is 7.16. The lowest BCUT2D eigenvalue weighted by atomic mass is 10.1. The number of thiophene rings is 1. The van der Waals surface area contributed by atoms with E-state index in [1.54, 1.807) is 12.1 Å². The van der Waals surface area contributed by atoms with Crippen molar-refractivity contribution >= 4 is 22.1 Å². The number of carbonyl (C=O) groups excluding carboxylic acids is 1. The third-order valence-corrected chi connectivity index (χ3v) is 3.72. The Labute approximate surface area is 109 Å². The van der Waals surface area contributed by atoms with Crippen LogP contribution >= 0.6 is 11.3 Å². The largest absolute Gasteiger partial charge is 0.481 e. The maximum absolute atomic E-state index is 12.2. The minimum Gasteiger partial charge on any atom is -0.481 e. The summed E-state index contributed by atoms with van der Waals surface area (Å²) < 4.78 is 4.95. The number of rotatable bonds is 4. The van der Waals surface area contributed by atoms with Crippen molar-refractivity contribution in [2.45, 2.75) is 13.3 Å². The van der Waals surface area contributed by atoms with Crippen LogP contribution in [0.25, 0.3) is 0 Å². The maximum Gasteiger partial charge on any atom is 0.212 e. The molecule has 0 bridgehead atoms. The molecule has 2 heterocycles. The zero-order valence-electron chi connectivity index (χ0n) is 10.3. The average molecular weight is 262 g/mol. The van der Waals surface area contributed by atoms with Crippen LogP contribution in [0.15, 0.2) is 24.4 Å². The summed E-state index contributed by atoms with van der Waals surface area (Å²) in [5, 5.41) is 0.563. The number of hydrogen-bond acceptors (Lipinski definition) is 5. The first-order valence-electron chi connectivity index (χ1n) is 5.58. The number of anilines is 1. The molecule has 0 atom stereocenters. The minimum absolute atomic E-state index is 0.0985. The maximum atomic E-state index is 12.2. The highest BCUT2D eigenvalue weighted by atomic mass is 32.1. The molecule has 2 rings (SSSR count). The molecule has 2 aromatic rings. The molecule has 2 aromatic heterocycles. The van der Waals surface area contributed by atoms with Gasteiger partial charge < -0.3 is 10.5 Å². The van der Waals surface area contributed by atoms with Gasteiger partial charge in [0.15, 0.2) is 5.78 Å². The predicted molar refractivity (Wildman–Crippen MR) is 72.3 cm³/mol. The molecule has 0 radical (unpaired) electrons. The Morgan fingerprint density at radius 3 is 2.78 bits per heavy atom. The molecular formula is C13H14N2O2S. The molecule has 0 aliphatic carbocycles. The van der Waals surface area contributed by atoms with Gasteiger partial charge in [-0.05, 0) is 18.6 Å². The van der Waals surface area contributed by atoms with Gasteiger partial charge in [0.25, 0.3) is 0 Å². The second-order valence-electron chi connectivity index (χ2n) is 3.76. The Bertz CT molecular complexity index is 561. The number of methoxy groups -OCH3 is 1. The highest BCUT2D eigenvalue weighted by Crippen LogP contribution is 2.27. The van der Waals surface area contributed by atoms with Gasteiger partial charge in [-0.15, -0.1) is 11.3 Å². The SMILES string of the molecule is CCc1cc(C(=O)c2ccc(OC)nc2)c(N)s1. The summed E-state index contributed by atoms with van der Waals surface area (Å²) in [7, 11) is 1.54. The fourth-order valence-electron chi connectivity index (χ4n) is 1.60. The first-order valence-corrected chi connectivity index (χ1v) is 6.40. The molecule has 0 aromatic carbocycles. The molecule has 0 aliphatic heterocycles. The van der Waals surface area contributed by atoms with Crippen LogP contribution in [0.3, 0.4) is 0 Å². The molecular weight excluding hydrogens is 248 g/mol. The monoisotopic (exact) mass is 262 g/mol. The standard InChI is InChI=1S/C13H14N2O2S/c1-3-9-6-10(13(14)18-9)12(16)8-4-5-11(17-2)15-7-8/h4-7H,3,14H2,1-2H3. The lowest BCUT2D eigenvalue weighted by Crippen LogP contribution is -2.03. The van der Waals surface area contributed by atoms with Crippen LogP contribution in [-0.4, -0.2) is 17.9 Å². The number of ketones is 1. The van der Waals surface area contributed by atoms with E-state index in [-0.39, 0.29) is 5.78 Å². The number of ether oxygens (including phenoxy) is 1. The number of nitrogens with zero attached hydrogens (tertiary/aromatic N) is 1. The number of carbonyl (C=O) groups is 1. The van der Waals surface area contributed by atoms with E-state index in [1.165, 1.54) is 24.6 Å². The summed E-state index contributed by atoms with van der Waals surface area (Å²) in [5.74, 6) is 0.387. The molecule has 0 fully saturated rings. The number of aryl methyl sites for hydroxylation is 1. The highest BCUT2D eigenvalue weighted by Gasteiger charge is 2.15. The number of nitrogens with two attached hydrogens (primary N) is 1. The van der Waals surface area contributed by atoms with E-state index < -0.39 is 0 Å². The normalized spacial score (nSPS) is 10.3. The van der Waals surface area contributed by atoms with E-state index in [4.69, 9.17) is 10.5 Å². The Morgan fingerprint density at radius 2 is 2.28 bits per heavy atom. The molecule has 0 unspecified atom stereocenters. The fraction of sp³-hybridized carbons (Fsp3) is 0.231. The molecule has 0 amide bonds. The van der Waals surface area contributed by atoms with Crippen molar-refractivity contribution in [3.8, 4) is 5.88 Å². The summed E-state index contributed by atoms with van der Waals surface area (Å²) in [4.78, 5) is 17.4. The average Bonchev–Trinajstić information content (AvgIpc) is 2.79. The van der Waals surface area contributed by atoms with Crippen LogP contribution < -0.4 is 10.5 Å². The molecule has 5 heteroatoms. The molecule has 4 nitrogen and oxygen atoms in total. The third-order valence-electron chi connectivity index (χ3n) is 2.61. The fourth-order valence-corrected chi connectivity index (χ4v) is 2.47. The quantitative estimate of drug-likeness (QED) is 0.860. The number of hydrogen-bond donors (Lipinski definition) is 1. The van der Waals surface area contributed by atoms with Gasteiger partial charge in [-0.1, -0.05) is 6.92 Å². The van der Waals surface area contributed by atoms with Gasteiger partial charge in [0.1, 0.15) is 0 Å². The molecule has 94 valence electrons. The van der Waals surface area contributed by atoms with Crippen LogP contribution in [0.4, 0.5) is 5.00 Å². The second kappa shape index (κ2) is 5.18. The number of aromatic nitrogens is 1. The van der Waals surface area contributed by atoms with Gasteiger partial charge in [-0.2, -0.15) is 0 Å². The van der Waals surface area contributed by atoms with Crippen molar-refractivity contribution in [2.24, 2.45) is 0 Å².